The molecule has 204 valence electrons. The van der Waals surface area contributed by atoms with E-state index < -0.39 is 39.8 Å². The Morgan fingerprint density at radius 1 is 1.11 bits per heavy atom. The minimum absolute atomic E-state index is 0.00541. The summed E-state index contributed by atoms with van der Waals surface area (Å²) in [5.74, 6) is -1.52. The number of hydrogen-bond acceptors (Lipinski definition) is 6. The van der Waals surface area contributed by atoms with Gasteiger partial charge in [-0.25, -0.2) is 4.79 Å². The Kier molecular flexibility index (Phi) is 6.56. The van der Waals surface area contributed by atoms with Crippen LogP contribution in [0.2, 0.25) is 0 Å². The van der Waals surface area contributed by atoms with Crippen LogP contribution in [0.5, 0.6) is 0 Å². The minimum atomic E-state index is -1.09. The molecule has 7 heteroatoms. The third-order valence-corrected chi connectivity index (χ3v) is 11.2. The van der Waals surface area contributed by atoms with Gasteiger partial charge in [-0.3, -0.25) is 14.4 Å². The average molecular weight is 515 g/mol. The Hall–Kier alpha value is -2.12. The maximum Gasteiger partial charge on any atom is 0.331 e. The van der Waals surface area contributed by atoms with E-state index >= 15 is 0 Å². The molecule has 8 atom stereocenters. The lowest BCUT2D eigenvalue weighted by Crippen LogP contribution is -2.60. The molecule has 0 bridgehead atoms. The van der Waals surface area contributed by atoms with Crippen molar-refractivity contribution in [2.24, 2.45) is 39.4 Å². The number of aliphatic carboxylic acids is 1. The van der Waals surface area contributed by atoms with Gasteiger partial charge in [0, 0.05) is 41.2 Å². The topological polar surface area (TPSA) is 129 Å². The van der Waals surface area contributed by atoms with Crippen LogP contribution in [0, 0.1) is 39.4 Å². The van der Waals surface area contributed by atoms with Gasteiger partial charge in [-0.15, -0.1) is 0 Å². The molecule has 2 saturated carbocycles. The van der Waals surface area contributed by atoms with Gasteiger partial charge in [-0.2, -0.15) is 0 Å². The number of carbonyl (C=O) groups is 4. The van der Waals surface area contributed by atoms with Gasteiger partial charge in [0.25, 0.3) is 0 Å². The molecule has 0 spiro atoms. The molecule has 4 aliphatic carbocycles. The fourth-order valence-electron chi connectivity index (χ4n) is 8.89. The molecule has 2 fully saturated rings. The van der Waals surface area contributed by atoms with Crippen molar-refractivity contribution in [1.29, 1.82) is 0 Å². The lowest BCUT2D eigenvalue weighted by atomic mass is 9.42. The molecule has 0 aromatic heterocycles. The smallest absolute Gasteiger partial charge is 0.331 e. The van der Waals surface area contributed by atoms with Crippen LogP contribution in [0.3, 0.4) is 0 Å². The second kappa shape index (κ2) is 8.70. The van der Waals surface area contributed by atoms with E-state index in [1.54, 1.807) is 0 Å². The number of aliphatic hydroxyl groups is 2. The zero-order chi connectivity index (χ0) is 27.9. The largest absolute Gasteiger partial charge is 0.478 e. The highest BCUT2D eigenvalue weighted by molar-refractivity contribution is 6.05. The molecule has 4 rings (SSSR count). The second-order valence-corrected chi connectivity index (χ2v) is 13.5. The predicted molar refractivity (Wildman–Crippen MR) is 137 cm³/mol. The number of allylic oxidation sites excluding steroid dienone is 1. The van der Waals surface area contributed by atoms with Crippen molar-refractivity contribution in [2.75, 3.05) is 0 Å². The predicted octanol–water partition coefficient (Wildman–Crippen LogP) is 4.05. The number of carboxylic acids is 1. The van der Waals surface area contributed by atoms with Crippen LogP contribution in [0.1, 0.15) is 87.0 Å². The first-order chi connectivity index (χ1) is 16.9. The number of fused-ring (bicyclic) bond motifs is 4. The third-order valence-electron chi connectivity index (χ3n) is 11.2. The van der Waals surface area contributed by atoms with Crippen molar-refractivity contribution >= 4 is 23.3 Å². The van der Waals surface area contributed by atoms with Crippen LogP contribution < -0.4 is 0 Å². The van der Waals surface area contributed by atoms with E-state index in [0.29, 0.717) is 30.4 Å². The van der Waals surface area contributed by atoms with Crippen LogP contribution in [0.4, 0.5) is 0 Å². The van der Waals surface area contributed by atoms with Crippen molar-refractivity contribution in [3.63, 3.8) is 0 Å². The highest BCUT2D eigenvalue weighted by atomic mass is 16.4. The first-order valence-electron chi connectivity index (χ1n) is 13.6. The van der Waals surface area contributed by atoms with Gasteiger partial charge < -0.3 is 15.3 Å². The first-order valence-corrected chi connectivity index (χ1v) is 13.6. The Morgan fingerprint density at radius 3 is 2.32 bits per heavy atom. The van der Waals surface area contributed by atoms with Crippen molar-refractivity contribution in [2.45, 2.75) is 99.2 Å². The van der Waals surface area contributed by atoms with Crippen LogP contribution in [0.25, 0.3) is 0 Å². The monoisotopic (exact) mass is 514 g/mol. The number of carbonyl (C=O) groups excluding carboxylic acids is 3. The number of aliphatic hydroxyl groups excluding tert-OH is 2. The molecule has 0 aromatic carbocycles. The van der Waals surface area contributed by atoms with Gasteiger partial charge in [0.15, 0.2) is 5.78 Å². The summed E-state index contributed by atoms with van der Waals surface area (Å²) >= 11 is 0. The van der Waals surface area contributed by atoms with Crippen LogP contribution in [0.15, 0.2) is 22.8 Å². The van der Waals surface area contributed by atoms with Crippen molar-refractivity contribution in [1.82, 2.24) is 0 Å². The fraction of sp³-hybridized carbons (Fsp3) is 0.733. The number of carboxylic acid groups (broad SMARTS) is 1. The van der Waals surface area contributed by atoms with Crippen LogP contribution in [-0.4, -0.2) is 50.8 Å². The number of rotatable bonds is 5. The Morgan fingerprint density at radius 2 is 1.73 bits per heavy atom. The summed E-state index contributed by atoms with van der Waals surface area (Å²) in [6.45, 7) is 13.1. The van der Waals surface area contributed by atoms with Gasteiger partial charge >= 0.3 is 5.97 Å². The maximum atomic E-state index is 14.0. The average Bonchev–Trinajstić information content (AvgIpc) is 2.99. The molecular weight excluding hydrogens is 472 g/mol. The fourth-order valence-corrected chi connectivity index (χ4v) is 8.89. The van der Waals surface area contributed by atoms with Crippen molar-refractivity contribution < 1.29 is 34.5 Å². The van der Waals surface area contributed by atoms with E-state index in [9.17, 15) is 29.4 Å². The molecule has 0 amide bonds. The van der Waals surface area contributed by atoms with E-state index in [1.807, 2.05) is 41.5 Å². The highest BCUT2D eigenvalue weighted by Crippen LogP contribution is 2.70. The zero-order valence-corrected chi connectivity index (χ0v) is 23.2. The molecule has 0 radical (unpaired) electrons. The SMILES string of the molecule is C/C(=C\[C@@H](O)C[C@@H](C)[C@H]1CC(=O)[C@@]2(C)C3=C(C(=O)C[C@]12C)[C@@]1(C)CCC(=O)C(C)(C)[C@H]1C[C@@H]3O)C(=O)O. The van der Waals surface area contributed by atoms with Gasteiger partial charge in [-0.1, -0.05) is 34.6 Å². The molecular formula is C30H42O7. The van der Waals surface area contributed by atoms with Gasteiger partial charge in [0.1, 0.15) is 11.6 Å². The van der Waals surface area contributed by atoms with Gasteiger partial charge in [0.2, 0.25) is 0 Å². The molecule has 0 aliphatic heterocycles. The Balaban J connectivity index is 1.77. The molecule has 0 aromatic rings. The highest BCUT2D eigenvalue weighted by Gasteiger charge is 2.70. The molecule has 0 saturated heterocycles. The zero-order valence-electron chi connectivity index (χ0n) is 23.2. The maximum absolute atomic E-state index is 14.0. The first kappa shape index (κ1) is 27.9. The standard InChI is InChI=1S/C30H42O7/c1-15(10-17(31)11-16(2)26(36)37)18-12-23(35)30(7)25-19(32)13-21-27(3,4)22(34)8-9-28(21,5)24(25)20(33)14-29(18,30)6/h11,15,17-19,21,31-32H,8-10,12-14H2,1-7H3,(H,36,37)/b16-11+/t15-,17+,18-,19+,21-,28+,29-,30+/m1/s1. The van der Waals surface area contributed by atoms with Crippen LogP contribution in [-0.2, 0) is 19.2 Å². The Bertz CT molecular complexity index is 1130. The molecule has 3 N–H and O–H groups in total. The summed E-state index contributed by atoms with van der Waals surface area (Å²) in [5.41, 5.74) is -1.80. The lowest BCUT2D eigenvalue weighted by molar-refractivity contribution is -0.146. The third kappa shape index (κ3) is 3.75. The summed E-state index contributed by atoms with van der Waals surface area (Å²) in [4.78, 5) is 51.9. The quantitative estimate of drug-likeness (QED) is 0.472. The summed E-state index contributed by atoms with van der Waals surface area (Å²) in [5, 5.41) is 31.3. The molecule has 37 heavy (non-hydrogen) atoms. The number of hydrogen-bond donors (Lipinski definition) is 3. The van der Waals surface area contributed by atoms with E-state index in [2.05, 4.69) is 0 Å². The number of Topliss-reactive ketones (excluding diaryl/α,β-unsaturated/α-hetero) is 3. The summed E-state index contributed by atoms with van der Waals surface area (Å²) in [7, 11) is 0. The normalized spacial score (nSPS) is 41.2. The lowest BCUT2D eigenvalue weighted by Gasteiger charge is -2.60. The molecule has 4 aliphatic rings. The molecule has 7 nitrogen and oxygen atoms in total. The summed E-state index contributed by atoms with van der Waals surface area (Å²) in [6.07, 6.45) is 1.32. The number of ketones is 3. The summed E-state index contributed by atoms with van der Waals surface area (Å²) in [6, 6.07) is 0. The van der Waals surface area contributed by atoms with Crippen molar-refractivity contribution in [3.05, 3.63) is 22.8 Å². The second-order valence-electron chi connectivity index (χ2n) is 13.5. The van der Waals surface area contributed by atoms with E-state index in [0.717, 1.165) is 0 Å². The molecule has 0 heterocycles. The van der Waals surface area contributed by atoms with E-state index in [1.165, 1.54) is 13.0 Å². The van der Waals surface area contributed by atoms with Gasteiger partial charge in [-0.05, 0) is 67.9 Å². The van der Waals surface area contributed by atoms with Crippen molar-refractivity contribution in [3.8, 4) is 0 Å². The van der Waals surface area contributed by atoms with E-state index in [4.69, 9.17) is 5.11 Å². The summed E-state index contributed by atoms with van der Waals surface area (Å²) < 4.78 is 0. The minimum Gasteiger partial charge on any atom is -0.478 e. The Labute approximate surface area is 219 Å². The van der Waals surface area contributed by atoms with Gasteiger partial charge in [0.05, 0.1) is 17.6 Å². The van der Waals surface area contributed by atoms with E-state index in [-0.39, 0.29) is 59.9 Å². The van der Waals surface area contributed by atoms with Crippen LogP contribution >= 0.6 is 0 Å². The molecule has 0 unspecified atom stereocenters.